The molecule has 0 aromatic heterocycles. The first-order valence-corrected chi connectivity index (χ1v) is 7.47. The summed E-state index contributed by atoms with van der Waals surface area (Å²) >= 11 is 0. The van der Waals surface area contributed by atoms with Gasteiger partial charge in [0.15, 0.2) is 11.5 Å². The van der Waals surface area contributed by atoms with Crippen LogP contribution in [0.5, 0.6) is 11.5 Å². The lowest BCUT2D eigenvalue weighted by molar-refractivity contribution is 0.284. The fourth-order valence-electron chi connectivity index (χ4n) is 2.09. The Kier molecular flexibility index (Phi) is 6.22. The quantitative estimate of drug-likeness (QED) is 0.750. The number of hydrogen-bond acceptors (Lipinski definition) is 3. The monoisotopic (exact) mass is 303 g/mol. The fourth-order valence-corrected chi connectivity index (χ4v) is 2.09. The van der Waals surface area contributed by atoms with E-state index < -0.39 is 0 Å². The van der Waals surface area contributed by atoms with Gasteiger partial charge < -0.3 is 14.8 Å². The Labute approximate surface area is 131 Å². The minimum absolute atomic E-state index is 0.245. The predicted octanol–water partition coefficient (Wildman–Crippen LogP) is 3.91. The molecule has 2 rings (SSSR count). The van der Waals surface area contributed by atoms with Gasteiger partial charge in [-0.1, -0.05) is 25.1 Å². The molecule has 0 unspecified atom stereocenters. The third-order valence-electron chi connectivity index (χ3n) is 3.29. The number of hydrogen-bond donors (Lipinski definition) is 1. The van der Waals surface area contributed by atoms with Crippen molar-refractivity contribution < 1.29 is 13.9 Å². The predicted molar refractivity (Wildman–Crippen MR) is 85.7 cm³/mol. The molecule has 0 spiro atoms. The molecule has 1 N–H and O–H groups in total. The smallest absolute Gasteiger partial charge is 0.161 e. The van der Waals surface area contributed by atoms with Gasteiger partial charge in [-0.15, -0.1) is 0 Å². The number of rotatable bonds is 8. The standard InChI is InChI=1S/C18H22FNO2/c1-3-10-20-12-15-6-9-17(18(11-15)21-2)22-13-14-4-7-16(19)8-5-14/h4-9,11,20H,3,10,12-13H2,1-2H3. The Morgan fingerprint density at radius 3 is 2.41 bits per heavy atom. The van der Waals surface area contributed by atoms with Gasteiger partial charge in [0.1, 0.15) is 12.4 Å². The molecule has 0 heterocycles. The van der Waals surface area contributed by atoms with E-state index in [2.05, 4.69) is 12.2 Å². The Morgan fingerprint density at radius 2 is 1.73 bits per heavy atom. The lowest BCUT2D eigenvalue weighted by Gasteiger charge is -2.12. The molecule has 22 heavy (non-hydrogen) atoms. The van der Waals surface area contributed by atoms with E-state index in [9.17, 15) is 4.39 Å². The number of benzene rings is 2. The molecule has 0 aliphatic carbocycles. The minimum atomic E-state index is -0.245. The molecular weight excluding hydrogens is 281 g/mol. The zero-order valence-electron chi connectivity index (χ0n) is 13.1. The van der Waals surface area contributed by atoms with Crippen molar-refractivity contribution in [2.24, 2.45) is 0 Å². The van der Waals surface area contributed by atoms with E-state index in [4.69, 9.17) is 9.47 Å². The highest BCUT2D eigenvalue weighted by molar-refractivity contribution is 5.43. The third kappa shape index (κ3) is 4.74. The van der Waals surface area contributed by atoms with E-state index in [1.165, 1.54) is 12.1 Å². The number of halogens is 1. The van der Waals surface area contributed by atoms with Crippen molar-refractivity contribution >= 4 is 0 Å². The SMILES string of the molecule is CCCNCc1ccc(OCc2ccc(F)cc2)c(OC)c1. The van der Waals surface area contributed by atoms with Crippen molar-refractivity contribution in [1.29, 1.82) is 0 Å². The summed E-state index contributed by atoms with van der Waals surface area (Å²) in [6.07, 6.45) is 1.11. The lowest BCUT2D eigenvalue weighted by Crippen LogP contribution is -2.13. The Morgan fingerprint density at radius 1 is 1.00 bits per heavy atom. The van der Waals surface area contributed by atoms with Crippen LogP contribution in [0.1, 0.15) is 24.5 Å². The Hall–Kier alpha value is -2.07. The Bertz CT molecular complexity index is 584. The van der Waals surface area contributed by atoms with Crippen molar-refractivity contribution in [3.05, 3.63) is 59.4 Å². The maximum atomic E-state index is 12.9. The maximum Gasteiger partial charge on any atom is 0.161 e. The highest BCUT2D eigenvalue weighted by atomic mass is 19.1. The summed E-state index contributed by atoms with van der Waals surface area (Å²) in [5.41, 5.74) is 2.07. The van der Waals surface area contributed by atoms with Gasteiger partial charge in [0, 0.05) is 6.54 Å². The summed E-state index contributed by atoms with van der Waals surface area (Å²) in [7, 11) is 1.63. The molecule has 4 heteroatoms. The van der Waals surface area contributed by atoms with Crippen LogP contribution in [0.2, 0.25) is 0 Å². The summed E-state index contributed by atoms with van der Waals surface area (Å²) in [6.45, 7) is 4.32. The van der Waals surface area contributed by atoms with Crippen molar-refractivity contribution in [3.63, 3.8) is 0 Å². The summed E-state index contributed by atoms with van der Waals surface area (Å²) in [5, 5.41) is 3.35. The van der Waals surface area contributed by atoms with Gasteiger partial charge >= 0.3 is 0 Å². The van der Waals surface area contributed by atoms with E-state index in [-0.39, 0.29) is 5.82 Å². The molecule has 0 saturated carbocycles. The van der Waals surface area contributed by atoms with Gasteiger partial charge in [-0.3, -0.25) is 0 Å². The fraction of sp³-hybridized carbons (Fsp3) is 0.333. The molecule has 2 aromatic carbocycles. The first-order chi connectivity index (χ1) is 10.7. The van der Waals surface area contributed by atoms with E-state index in [0.29, 0.717) is 18.1 Å². The topological polar surface area (TPSA) is 30.5 Å². The van der Waals surface area contributed by atoms with Crippen LogP contribution in [0.3, 0.4) is 0 Å². The molecule has 0 atom stereocenters. The van der Waals surface area contributed by atoms with Gasteiger partial charge in [0.2, 0.25) is 0 Å². The van der Waals surface area contributed by atoms with Gasteiger partial charge in [-0.2, -0.15) is 0 Å². The van der Waals surface area contributed by atoms with Crippen LogP contribution in [0.4, 0.5) is 4.39 Å². The molecule has 2 aromatic rings. The van der Waals surface area contributed by atoms with Crippen LogP contribution >= 0.6 is 0 Å². The lowest BCUT2D eigenvalue weighted by atomic mass is 10.2. The van der Waals surface area contributed by atoms with Crippen LogP contribution < -0.4 is 14.8 Å². The molecule has 0 aliphatic rings. The van der Waals surface area contributed by atoms with Crippen LogP contribution in [0.25, 0.3) is 0 Å². The van der Waals surface area contributed by atoms with Crippen LogP contribution in [-0.2, 0) is 13.2 Å². The summed E-state index contributed by atoms with van der Waals surface area (Å²) in [5.74, 6) is 1.15. The van der Waals surface area contributed by atoms with Crippen LogP contribution in [0, 0.1) is 5.82 Å². The average molecular weight is 303 g/mol. The highest BCUT2D eigenvalue weighted by Crippen LogP contribution is 2.28. The molecule has 0 amide bonds. The first-order valence-electron chi connectivity index (χ1n) is 7.47. The zero-order chi connectivity index (χ0) is 15.8. The second-order valence-corrected chi connectivity index (χ2v) is 5.08. The minimum Gasteiger partial charge on any atom is -0.493 e. The molecule has 0 bridgehead atoms. The Balaban J connectivity index is 1.99. The molecule has 0 radical (unpaired) electrons. The van der Waals surface area contributed by atoms with Crippen molar-refractivity contribution in [2.45, 2.75) is 26.5 Å². The molecule has 118 valence electrons. The zero-order valence-corrected chi connectivity index (χ0v) is 13.1. The van der Waals surface area contributed by atoms with Crippen LogP contribution in [0.15, 0.2) is 42.5 Å². The number of methoxy groups -OCH3 is 1. The van der Waals surface area contributed by atoms with E-state index >= 15 is 0 Å². The van der Waals surface area contributed by atoms with E-state index in [1.807, 2.05) is 18.2 Å². The van der Waals surface area contributed by atoms with Crippen molar-refractivity contribution in [2.75, 3.05) is 13.7 Å². The van der Waals surface area contributed by atoms with Gasteiger partial charge in [0.05, 0.1) is 7.11 Å². The first kappa shape index (κ1) is 16.3. The van der Waals surface area contributed by atoms with E-state index in [1.54, 1.807) is 19.2 Å². The third-order valence-corrected chi connectivity index (χ3v) is 3.29. The van der Waals surface area contributed by atoms with Crippen molar-refractivity contribution in [3.8, 4) is 11.5 Å². The molecule has 0 saturated heterocycles. The average Bonchev–Trinajstić information content (AvgIpc) is 2.55. The second kappa shape index (κ2) is 8.39. The highest BCUT2D eigenvalue weighted by Gasteiger charge is 2.06. The van der Waals surface area contributed by atoms with Gasteiger partial charge in [0.25, 0.3) is 0 Å². The van der Waals surface area contributed by atoms with Crippen LogP contribution in [-0.4, -0.2) is 13.7 Å². The number of ether oxygens (including phenoxy) is 2. The molecular formula is C18H22FNO2. The summed E-state index contributed by atoms with van der Waals surface area (Å²) in [6, 6.07) is 12.2. The molecule has 0 fully saturated rings. The van der Waals surface area contributed by atoms with Crippen molar-refractivity contribution in [1.82, 2.24) is 5.32 Å². The van der Waals surface area contributed by atoms with Gasteiger partial charge in [-0.25, -0.2) is 4.39 Å². The van der Waals surface area contributed by atoms with E-state index in [0.717, 1.165) is 30.6 Å². The molecule has 0 aliphatic heterocycles. The number of nitrogens with one attached hydrogen (secondary N) is 1. The second-order valence-electron chi connectivity index (χ2n) is 5.08. The summed E-state index contributed by atoms with van der Waals surface area (Å²) < 4.78 is 24.0. The normalized spacial score (nSPS) is 10.5. The maximum absolute atomic E-state index is 12.9. The summed E-state index contributed by atoms with van der Waals surface area (Å²) in [4.78, 5) is 0. The largest absolute Gasteiger partial charge is 0.493 e. The van der Waals surface area contributed by atoms with Gasteiger partial charge in [-0.05, 0) is 48.4 Å². The molecule has 3 nitrogen and oxygen atoms in total.